The van der Waals surface area contributed by atoms with Crippen molar-refractivity contribution in [3.05, 3.63) is 53.7 Å². The number of nitrogens with one attached hydrogen (secondary N) is 1. The molecule has 0 unspecified atom stereocenters. The number of carbonyl (C=O) groups is 1. The second kappa shape index (κ2) is 9.15. The maximum atomic E-state index is 12.9. The van der Waals surface area contributed by atoms with Crippen LogP contribution in [-0.2, 0) is 4.79 Å². The standard InChI is InChI=1S/C25H26N4O3/c1-16-4-6-21-20(12-16)24(18(14-26)15-27-21)29-10-8-17(9-11-29)25(30)28-19-5-7-22(31-2)23(13-19)32-3/h4-7,12-13,15,17H,8-11H2,1-3H3,(H,28,30). The number of hydrogen-bond acceptors (Lipinski definition) is 6. The van der Waals surface area contributed by atoms with Gasteiger partial charge in [0.25, 0.3) is 0 Å². The molecule has 1 aliphatic heterocycles. The highest BCUT2D eigenvalue weighted by Gasteiger charge is 2.27. The molecule has 0 spiro atoms. The number of piperidine rings is 1. The summed E-state index contributed by atoms with van der Waals surface area (Å²) in [6, 6.07) is 13.7. The molecule has 1 amide bonds. The fraction of sp³-hybridized carbons (Fsp3) is 0.320. The van der Waals surface area contributed by atoms with E-state index in [9.17, 15) is 10.1 Å². The molecule has 0 atom stereocenters. The van der Waals surface area contributed by atoms with Gasteiger partial charge in [-0.15, -0.1) is 0 Å². The van der Waals surface area contributed by atoms with Crippen molar-refractivity contribution >= 4 is 28.2 Å². The van der Waals surface area contributed by atoms with E-state index in [1.807, 2.05) is 19.1 Å². The first-order valence-electron chi connectivity index (χ1n) is 10.6. The van der Waals surface area contributed by atoms with E-state index in [4.69, 9.17) is 9.47 Å². The summed E-state index contributed by atoms with van der Waals surface area (Å²) >= 11 is 0. The zero-order valence-electron chi connectivity index (χ0n) is 18.5. The highest BCUT2D eigenvalue weighted by Crippen LogP contribution is 2.34. The van der Waals surface area contributed by atoms with Crippen molar-refractivity contribution in [2.45, 2.75) is 19.8 Å². The molecule has 0 saturated carbocycles. The predicted octanol–water partition coefficient (Wildman–Crippen LogP) is 4.29. The average Bonchev–Trinajstić information content (AvgIpc) is 2.83. The third-order valence-corrected chi connectivity index (χ3v) is 5.95. The van der Waals surface area contributed by atoms with E-state index in [1.165, 1.54) is 0 Å². The summed E-state index contributed by atoms with van der Waals surface area (Å²) in [5.41, 5.74) is 4.16. The molecule has 0 radical (unpaired) electrons. The minimum absolute atomic E-state index is 0.00666. The van der Waals surface area contributed by atoms with E-state index in [0.29, 0.717) is 48.7 Å². The van der Waals surface area contributed by atoms with Crippen molar-refractivity contribution in [1.82, 2.24) is 4.98 Å². The van der Waals surface area contributed by atoms with Crippen molar-refractivity contribution in [3.8, 4) is 17.6 Å². The molecule has 0 aliphatic carbocycles. The number of fused-ring (bicyclic) bond motifs is 1. The van der Waals surface area contributed by atoms with Gasteiger partial charge in [0.1, 0.15) is 6.07 Å². The second-order valence-electron chi connectivity index (χ2n) is 7.97. The van der Waals surface area contributed by atoms with Gasteiger partial charge in [0.05, 0.1) is 31.0 Å². The second-order valence-corrected chi connectivity index (χ2v) is 7.97. The Bertz CT molecular complexity index is 1190. The Morgan fingerprint density at radius 1 is 1.12 bits per heavy atom. The van der Waals surface area contributed by atoms with Gasteiger partial charge in [-0.25, -0.2) is 0 Å². The van der Waals surface area contributed by atoms with Crippen LogP contribution < -0.4 is 19.7 Å². The summed E-state index contributed by atoms with van der Waals surface area (Å²) in [5, 5.41) is 13.6. The summed E-state index contributed by atoms with van der Waals surface area (Å²) < 4.78 is 10.6. The normalized spacial score (nSPS) is 14.1. The van der Waals surface area contributed by atoms with Gasteiger partial charge in [0.15, 0.2) is 11.5 Å². The SMILES string of the molecule is COc1ccc(NC(=O)C2CCN(c3c(C#N)cnc4ccc(C)cc34)CC2)cc1OC. The van der Waals surface area contributed by atoms with Crippen molar-refractivity contribution in [3.63, 3.8) is 0 Å². The quantitative estimate of drug-likeness (QED) is 0.650. The van der Waals surface area contributed by atoms with E-state index in [1.54, 1.807) is 38.6 Å². The lowest BCUT2D eigenvalue weighted by molar-refractivity contribution is -0.120. The Morgan fingerprint density at radius 2 is 1.88 bits per heavy atom. The van der Waals surface area contributed by atoms with Gasteiger partial charge in [-0.3, -0.25) is 9.78 Å². The zero-order valence-corrected chi connectivity index (χ0v) is 18.5. The topological polar surface area (TPSA) is 87.5 Å². The fourth-order valence-corrected chi connectivity index (χ4v) is 4.24. The van der Waals surface area contributed by atoms with E-state index in [-0.39, 0.29) is 11.8 Å². The van der Waals surface area contributed by atoms with Crippen LogP contribution >= 0.6 is 0 Å². The van der Waals surface area contributed by atoms with Crippen molar-refractivity contribution < 1.29 is 14.3 Å². The molecule has 7 nitrogen and oxygen atoms in total. The summed E-state index contributed by atoms with van der Waals surface area (Å²) in [4.78, 5) is 19.5. The van der Waals surface area contributed by atoms with Gasteiger partial charge in [0.2, 0.25) is 5.91 Å². The van der Waals surface area contributed by atoms with Gasteiger partial charge in [-0.2, -0.15) is 5.26 Å². The molecule has 2 heterocycles. The number of pyridine rings is 1. The number of amides is 1. The van der Waals surface area contributed by atoms with Crippen LogP contribution in [0, 0.1) is 24.2 Å². The number of nitriles is 1. The maximum absolute atomic E-state index is 12.9. The minimum Gasteiger partial charge on any atom is -0.493 e. The summed E-state index contributed by atoms with van der Waals surface area (Å²) in [5.74, 6) is 1.09. The Hall–Kier alpha value is -3.79. The van der Waals surface area contributed by atoms with E-state index in [2.05, 4.69) is 27.3 Å². The van der Waals surface area contributed by atoms with Crippen LogP contribution in [-0.4, -0.2) is 38.2 Å². The molecule has 1 aliphatic rings. The number of aromatic nitrogens is 1. The molecular formula is C25H26N4O3. The number of carbonyl (C=O) groups excluding carboxylic acids is 1. The lowest BCUT2D eigenvalue weighted by Gasteiger charge is -2.34. The largest absolute Gasteiger partial charge is 0.493 e. The fourth-order valence-electron chi connectivity index (χ4n) is 4.24. The van der Waals surface area contributed by atoms with Crippen molar-refractivity contribution in [2.24, 2.45) is 5.92 Å². The summed E-state index contributed by atoms with van der Waals surface area (Å²) in [6.07, 6.45) is 3.06. The van der Waals surface area contributed by atoms with Gasteiger partial charge in [0, 0.05) is 42.3 Å². The van der Waals surface area contributed by atoms with Crippen LogP contribution in [0.15, 0.2) is 42.6 Å². The summed E-state index contributed by atoms with van der Waals surface area (Å²) in [6.45, 7) is 3.44. The molecule has 7 heteroatoms. The summed E-state index contributed by atoms with van der Waals surface area (Å²) in [7, 11) is 3.15. The number of anilines is 2. The number of aryl methyl sites for hydroxylation is 1. The highest BCUT2D eigenvalue weighted by molar-refractivity contribution is 5.96. The maximum Gasteiger partial charge on any atom is 0.227 e. The van der Waals surface area contributed by atoms with E-state index < -0.39 is 0 Å². The number of methoxy groups -OCH3 is 2. The van der Waals surface area contributed by atoms with Crippen LogP contribution in [0.4, 0.5) is 11.4 Å². The van der Waals surface area contributed by atoms with Crippen LogP contribution in [0.5, 0.6) is 11.5 Å². The molecule has 1 saturated heterocycles. The van der Waals surface area contributed by atoms with Crippen LogP contribution in [0.2, 0.25) is 0 Å². The highest BCUT2D eigenvalue weighted by atomic mass is 16.5. The predicted molar refractivity (Wildman–Crippen MR) is 124 cm³/mol. The van der Waals surface area contributed by atoms with Crippen LogP contribution in [0.3, 0.4) is 0 Å². The lowest BCUT2D eigenvalue weighted by atomic mass is 9.94. The molecule has 1 N–H and O–H groups in total. The first-order chi connectivity index (χ1) is 15.5. The molecule has 164 valence electrons. The Morgan fingerprint density at radius 3 is 2.56 bits per heavy atom. The average molecular weight is 431 g/mol. The molecule has 32 heavy (non-hydrogen) atoms. The van der Waals surface area contributed by atoms with Crippen LogP contribution in [0.25, 0.3) is 10.9 Å². The number of hydrogen-bond donors (Lipinski definition) is 1. The van der Waals surface area contributed by atoms with Crippen molar-refractivity contribution in [1.29, 1.82) is 5.26 Å². The van der Waals surface area contributed by atoms with Crippen molar-refractivity contribution in [2.75, 3.05) is 37.5 Å². The molecular weight excluding hydrogens is 404 g/mol. The van der Waals surface area contributed by atoms with E-state index in [0.717, 1.165) is 22.2 Å². The number of ether oxygens (including phenoxy) is 2. The van der Waals surface area contributed by atoms with Gasteiger partial charge < -0.3 is 19.7 Å². The number of nitrogens with zero attached hydrogens (tertiary/aromatic N) is 3. The third-order valence-electron chi connectivity index (χ3n) is 5.95. The third kappa shape index (κ3) is 4.17. The van der Waals surface area contributed by atoms with Gasteiger partial charge in [-0.1, -0.05) is 11.6 Å². The first-order valence-corrected chi connectivity index (χ1v) is 10.6. The molecule has 1 fully saturated rings. The van der Waals surface area contributed by atoms with Crippen LogP contribution in [0.1, 0.15) is 24.0 Å². The van der Waals surface area contributed by atoms with Gasteiger partial charge >= 0.3 is 0 Å². The zero-order chi connectivity index (χ0) is 22.7. The first kappa shape index (κ1) is 21.4. The monoisotopic (exact) mass is 430 g/mol. The minimum atomic E-state index is -0.0975. The Balaban J connectivity index is 1.49. The molecule has 1 aromatic heterocycles. The molecule has 0 bridgehead atoms. The Kier molecular flexibility index (Phi) is 6.13. The smallest absolute Gasteiger partial charge is 0.227 e. The number of rotatable bonds is 5. The number of benzene rings is 2. The molecule has 2 aromatic carbocycles. The molecule has 3 aromatic rings. The van der Waals surface area contributed by atoms with Gasteiger partial charge in [-0.05, 0) is 44.0 Å². The lowest BCUT2D eigenvalue weighted by Crippen LogP contribution is -2.38. The Labute approximate surface area is 187 Å². The molecule has 4 rings (SSSR count). The van der Waals surface area contributed by atoms with E-state index >= 15 is 0 Å².